The summed E-state index contributed by atoms with van der Waals surface area (Å²) in [6.07, 6.45) is 8.52. The third kappa shape index (κ3) is 1.78. The monoisotopic (exact) mass is 196 g/mol. The molecular formula is C11H16O3. The van der Waals surface area contributed by atoms with E-state index in [2.05, 4.69) is 5.92 Å². The fourth-order valence-electron chi connectivity index (χ4n) is 2.25. The van der Waals surface area contributed by atoms with Crippen LogP contribution in [0.3, 0.4) is 0 Å². The molecule has 2 aliphatic rings. The SMILES string of the molecule is C#CCC1(O)CCC2(CC1)OCCO2. The Balaban J connectivity index is 1.94. The van der Waals surface area contributed by atoms with Crippen molar-refractivity contribution in [1.29, 1.82) is 0 Å². The Labute approximate surface area is 84.4 Å². The Bertz CT molecular complexity index is 238. The van der Waals surface area contributed by atoms with E-state index in [-0.39, 0.29) is 0 Å². The molecule has 0 atom stereocenters. The first kappa shape index (κ1) is 9.97. The van der Waals surface area contributed by atoms with Gasteiger partial charge in [-0.05, 0) is 12.8 Å². The zero-order chi connectivity index (χ0) is 10.1. The van der Waals surface area contributed by atoms with Crippen LogP contribution in [0.15, 0.2) is 0 Å². The summed E-state index contributed by atoms with van der Waals surface area (Å²) in [6, 6.07) is 0. The number of hydrogen-bond donors (Lipinski definition) is 1. The van der Waals surface area contributed by atoms with Crippen molar-refractivity contribution >= 4 is 0 Å². The van der Waals surface area contributed by atoms with E-state index in [9.17, 15) is 5.11 Å². The van der Waals surface area contributed by atoms with Gasteiger partial charge in [0, 0.05) is 19.3 Å². The minimum atomic E-state index is -0.685. The molecule has 1 N–H and O–H groups in total. The maximum atomic E-state index is 10.1. The van der Waals surface area contributed by atoms with Gasteiger partial charge in [0.2, 0.25) is 0 Å². The van der Waals surface area contributed by atoms with Crippen molar-refractivity contribution in [3.8, 4) is 12.3 Å². The van der Waals surface area contributed by atoms with Crippen LogP contribution in [0.25, 0.3) is 0 Å². The van der Waals surface area contributed by atoms with Gasteiger partial charge in [-0.1, -0.05) is 0 Å². The largest absolute Gasteiger partial charge is 0.389 e. The average Bonchev–Trinajstić information content (AvgIpc) is 2.61. The molecule has 0 bridgehead atoms. The number of rotatable bonds is 1. The Hall–Kier alpha value is -0.560. The lowest BCUT2D eigenvalue weighted by atomic mass is 9.79. The van der Waals surface area contributed by atoms with Crippen LogP contribution in [-0.2, 0) is 9.47 Å². The molecule has 78 valence electrons. The van der Waals surface area contributed by atoms with Gasteiger partial charge in [-0.2, -0.15) is 0 Å². The van der Waals surface area contributed by atoms with Gasteiger partial charge in [0.1, 0.15) is 0 Å². The van der Waals surface area contributed by atoms with Crippen LogP contribution in [0, 0.1) is 12.3 Å². The van der Waals surface area contributed by atoms with E-state index in [0.29, 0.717) is 32.5 Å². The highest BCUT2D eigenvalue weighted by Gasteiger charge is 2.45. The van der Waals surface area contributed by atoms with Crippen LogP contribution in [0.2, 0.25) is 0 Å². The van der Waals surface area contributed by atoms with Crippen LogP contribution < -0.4 is 0 Å². The summed E-state index contributed by atoms with van der Waals surface area (Å²) in [5.74, 6) is 2.12. The summed E-state index contributed by atoms with van der Waals surface area (Å²) in [5, 5.41) is 10.1. The van der Waals surface area contributed by atoms with Crippen LogP contribution in [0.4, 0.5) is 0 Å². The van der Waals surface area contributed by atoms with Gasteiger partial charge in [-0.25, -0.2) is 0 Å². The van der Waals surface area contributed by atoms with E-state index >= 15 is 0 Å². The quantitative estimate of drug-likeness (QED) is 0.637. The first-order valence-electron chi connectivity index (χ1n) is 5.12. The van der Waals surface area contributed by atoms with Crippen LogP contribution in [0.1, 0.15) is 32.1 Å². The molecule has 1 spiro atoms. The fraction of sp³-hybridized carbons (Fsp3) is 0.818. The molecule has 1 heterocycles. The Morgan fingerprint density at radius 1 is 1.14 bits per heavy atom. The molecule has 1 aliphatic heterocycles. The second-order valence-electron chi connectivity index (χ2n) is 4.21. The van der Waals surface area contributed by atoms with Crippen LogP contribution >= 0.6 is 0 Å². The summed E-state index contributed by atoms with van der Waals surface area (Å²) in [7, 11) is 0. The van der Waals surface area contributed by atoms with E-state index in [1.54, 1.807) is 0 Å². The average molecular weight is 196 g/mol. The highest BCUT2D eigenvalue weighted by atomic mass is 16.7. The number of aliphatic hydroxyl groups is 1. The van der Waals surface area contributed by atoms with E-state index in [1.165, 1.54) is 0 Å². The van der Waals surface area contributed by atoms with Gasteiger partial charge in [0.05, 0.1) is 18.8 Å². The molecule has 1 aliphatic carbocycles. The van der Waals surface area contributed by atoms with Gasteiger partial charge in [-0.15, -0.1) is 12.3 Å². The molecule has 2 fully saturated rings. The van der Waals surface area contributed by atoms with Gasteiger partial charge < -0.3 is 14.6 Å². The zero-order valence-corrected chi connectivity index (χ0v) is 8.29. The lowest BCUT2D eigenvalue weighted by molar-refractivity contribution is -0.201. The molecule has 0 unspecified atom stereocenters. The molecule has 3 heteroatoms. The maximum absolute atomic E-state index is 10.1. The lowest BCUT2D eigenvalue weighted by Gasteiger charge is -2.39. The molecule has 2 rings (SSSR count). The predicted molar refractivity (Wildman–Crippen MR) is 51.5 cm³/mol. The molecule has 0 aromatic rings. The molecule has 3 nitrogen and oxygen atoms in total. The molecule has 0 aromatic heterocycles. The maximum Gasteiger partial charge on any atom is 0.168 e. The second kappa shape index (κ2) is 3.54. The molecule has 1 saturated heterocycles. The fourth-order valence-corrected chi connectivity index (χ4v) is 2.25. The van der Waals surface area contributed by atoms with Crippen molar-refractivity contribution in [3.05, 3.63) is 0 Å². The summed E-state index contributed by atoms with van der Waals surface area (Å²) in [4.78, 5) is 0. The van der Waals surface area contributed by atoms with Crippen molar-refractivity contribution < 1.29 is 14.6 Å². The molecule has 14 heavy (non-hydrogen) atoms. The van der Waals surface area contributed by atoms with E-state index < -0.39 is 11.4 Å². The molecular weight excluding hydrogens is 180 g/mol. The third-order valence-electron chi connectivity index (χ3n) is 3.19. The first-order chi connectivity index (χ1) is 6.68. The highest BCUT2D eigenvalue weighted by molar-refractivity contribution is 4.99. The molecule has 0 aromatic carbocycles. The summed E-state index contributed by atoms with van der Waals surface area (Å²) >= 11 is 0. The van der Waals surface area contributed by atoms with Crippen LogP contribution in [-0.4, -0.2) is 29.7 Å². The Kier molecular flexibility index (Phi) is 2.52. The van der Waals surface area contributed by atoms with Gasteiger partial charge in [0.25, 0.3) is 0 Å². The smallest absolute Gasteiger partial charge is 0.168 e. The highest BCUT2D eigenvalue weighted by Crippen LogP contribution is 2.41. The molecule has 1 saturated carbocycles. The van der Waals surface area contributed by atoms with E-state index in [0.717, 1.165) is 12.8 Å². The minimum absolute atomic E-state index is 0.402. The standard InChI is InChI=1S/C11H16O3/c1-2-3-10(12)4-6-11(7-5-10)13-8-9-14-11/h1,12H,3-9H2. The van der Waals surface area contributed by atoms with Crippen molar-refractivity contribution in [3.63, 3.8) is 0 Å². The normalized spacial score (nSPS) is 28.9. The molecule has 0 amide bonds. The summed E-state index contributed by atoms with van der Waals surface area (Å²) in [5.41, 5.74) is -0.685. The van der Waals surface area contributed by atoms with E-state index in [1.807, 2.05) is 0 Å². The van der Waals surface area contributed by atoms with E-state index in [4.69, 9.17) is 15.9 Å². The van der Waals surface area contributed by atoms with Crippen molar-refractivity contribution in [2.24, 2.45) is 0 Å². The van der Waals surface area contributed by atoms with Crippen molar-refractivity contribution in [1.82, 2.24) is 0 Å². The minimum Gasteiger partial charge on any atom is -0.389 e. The number of terminal acetylenes is 1. The van der Waals surface area contributed by atoms with Crippen molar-refractivity contribution in [2.75, 3.05) is 13.2 Å². The Morgan fingerprint density at radius 2 is 1.71 bits per heavy atom. The number of ether oxygens (including phenoxy) is 2. The van der Waals surface area contributed by atoms with Crippen LogP contribution in [0.5, 0.6) is 0 Å². The first-order valence-corrected chi connectivity index (χ1v) is 5.12. The summed E-state index contributed by atoms with van der Waals surface area (Å²) in [6.45, 7) is 1.35. The second-order valence-corrected chi connectivity index (χ2v) is 4.21. The predicted octanol–water partition coefficient (Wildman–Crippen LogP) is 1.06. The number of hydrogen-bond acceptors (Lipinski definition) is 3. The van der Waals surface area contributed by atoms with Gasteiger partial charge in [0.15, 0.2) is 5.79 Å². The van der Waals surface area contributed by atoms with Crippen molar-refractivity contribution in [2.45, 2.75) is 43.5 Å². The summed E-state index contributed by atoms with van der Waals surface area (Å²) < 4.78 is 11.1. The van der Waals surface area contributed by atoms with Gasteiger partial charge in [-0.3, -0.25) is 0 Å². The zero-order valence-electron chi connectivity index (χ0n) is 8.29. The third-order valence-corrected chi connectivity index (χ3v) is 3.19. The molecule has 0 radical (unpaired) electrons. The Morgan fingerprint density at radius 3 is 2.21 bits per heavy atom. The topological polar surface area (TPSA) is 38.7 Å². The van der Waals surface area contributed by atoms with Gasteiger partial charge >= 0.3 is 0 Å². The lowest BCUT2D eigenvalue weighted by Crippen LogP contribution is -2.43.